The number of rotatable bonds is 15. The van der Waals surface area contributed by atoms with Crippen LogP contribution in [-0.2, 0) is 35.2 Å². The number of carboxylic acids is 2. The molecular weight excluding hydrogens is 498 g/mol. The number of primary amides is 1. The first-order chi connectivity index (χ1) is 16.8. The second-order valence-corrected chi connectivity index (χ2v) is 8.15. The summed E-state index contributed by atoms with van der Waals surface area (Å²) in [6.45, 7) is 0. The number of hydrogen-bond donors (Lipinski definition) is 9. The lowest BCUT2D eigenvalue weighted by Crippen LogP contribution is -2.58. The van der Waals surface area contributed by atoms with Gasteiger partial charge in [0.2, 0.25) is 23.6 Å². The van der Waals surface area contributed by atoms with Gasteiger partial charge in [-0.1, -0.05) is 12.1 Å². The summed E-state index contributed by atoms with van der Waals surface area (Å²) in [5.74, 6) is -6.59. The molecule has 1 rings (SSSR count). The Bertz CT molecular complexity index is 973. The summed E-state index contributed by atoms with van der Waals surface area (Å²) in [5, 5.41) is 34.4. The van der Waals surface area contributed by atoms with Crippen LogP contribution in [0.5, 0.6) is 5.75 Å². The van der Waals surface area contributed by atoms with E-state index < -0.39 is 66.2 Å². The molecule has 1 aromatic rings. The first-order valence-corrected chi connectivity index (χ1v) is 11.3. The lowest BCUT2D eigenvalue weighted by atomic mass is 10.0. The van der Waals surface area contributed by atoms with Crippen LogP contribution in [0.15, 0.2) is 24.3 Å². The highest BCUT2D eigenvalue weighted by Crippen LogP contribution is 2.12. The third kappa shape index (κ3) is 10.6. The lowest BCUT2D eigenvalue weighted by molar-refractivity contribution is -0.147. The van der Waals surface area contributed by atoms with Crippen LogP contribution in [0.3, 0.4) is 0 Å². The molecule has 10 N–H and O–H groups in total. The van der Waals surface area contributed by atoms with Gasteiger partial charge in [0.1, 0.15) is 23.9 Å². The largest absolute Gasteiger partial charge is 0.508 e. The lowest BCUT2D eigenvalue weighted by Gasteiger charge is -2.24. The summed E-state index contributed by atoms with van der Waals surface area (Å²) < 4.78 is 0. The van der Waals surface area contributed by atoms with Gasteiger partial charge in [-0.25, -0.2) is 4.79 Å². The zero-order valence-corrected chi connectivity index (χ0v) is 19.9. The first-order valence-electron chi connectivity index (χ1n) is 10.6. The third-order valence-electron chi connectivity index (χ3n) is 4.86. The van der Waals surface area contributed by atoms with Gasteiger partial charge in [0.25, 0.3) is 0 Å². The number of phenols is 1. The number of nitrogens with one attached hydrogen (secondary N) is 3. The van der Waals surface area contributed by atoms with Crippen LogP contribution in [0.4, 0.5) is 0 Å². The second kappa shape index (κ2) is 14.5. The highest BCUT2D eigenvalue weighted by atomic mass is 32.1. The number of hydrogen-bond acceptors (Lipinski definition) is 9. The molecule has 0 heterocycles. The average molecular weight is 528 g/mol. The standard InChI is InChI=1S/C21H29N5O9S/c22-12(5-6-16(23)28)18(31)26-15(9-36)20(33)24-13(7-10-1-3-11(27)4-2-10)19(32)25-14(21(34)35)8-17(29)30/h1-4,12-15,27,36H,5-9,22H2,(H2,23,28)(H,24,33)(H,25,32)(H,26,31)(H,29,30)(H,34,35). The van der Waals surface area contributed by atoms with Gasteiger partial charge in [0, 0.05) is 18.6 Å². The molecule has 0 spiro atoms. The maximum Gasteiger partial charge on any atom is 0.326 e. The number of carbonyl (C=O) groups is 6. The summed E-state index contributed by atoms with van der Waals surface area (Å²) in [7, 11) is 0. The van der Waals surface area contributed by atoms with E-state index in [1.54, 1.807) is 0 Å². The van der Waals surface area contributed by atoms with Gasteiger partial charge in [0.15, 0.2) is 0 Å². The van der Waals surface area contributed by atoms with Crippen molar-refractivity contribution in [3.05, 3.63) is 29.8 Å². The molecule has 14 nitrogen and oxygen atoms in total. The smallest absolute Gasteiger partial charge is 0.326 e. The number of aliphatic carboxylic acids is 2. The molecule has 0 fully saturated rings. The van der Waals surface area contributed by atoms with Crippen LogP contribution in [0, 0.1) is 0 Å². The van der Waals surface area contributed by atoms with Gasteiger partial charge in [-0.05, 0) is 24.1 Å². The number of phenolic OH excluding ortho intramolecular Hbond substituents is 1. The fourth-order valence-corrected chi connectivity index (χ4v) is 3.16. The molecule has 0 aliphatic heterocycles. The Hall–Kier alpha value is -3.85. The molecular formula is C21H29N5O9S. The summed E-state index contributed by atoms with van der Waals surface area (Å²) in [4.78, 5) is 71.1. The van der Waals surface area contributed by atoms with E-state index in [1.165, 1.54) is 24.3 Å². The SMILES string of the molecule is NC(=O)CCC(N)C(=O)NC(CS)C(=O)NC(Cc1ccc(O)cc1)C(=O)NC(CC(=O)O)C(=O)O. The predicted molar refractivity (Wildman–Crippen MR) is 128 cm³/mol. The Labute approximate surface area is 211 Å². The molecule has 4 unspecified atom stereocenters. The maximum absolute atomic E-state index is 12.8. The topological polar surface area (TPSA) is 251 Å². The highest BCUT2D eigenvalue weighted by molar-refractivity contribution is 7.80. The third-order valence-corrected chi connectivity index (χ3v) is 5.22. The Kier molecular flexibility index (Phi) is 12.2. The van der Waals surface area contributed by atoms with E-state index in [1.807, 2.05) is 0 Å². The van der Waals surface area contributed by atoms with Crippen molar-refractivity contribution in [1.82, 2.24) is 16.0 Å². The summed E-state index contributed by atoms with van der Waals surface area (Å²) in [5.41, 5.74) is 11.2. The molecule has 0 bridgehead atoms. The number of benzene rings is 1. The van der Waals surface area contributed by atoms with Crippen molar-refractivity contribution in [2.75, 3.05) is 5.75 Å². The zero-order chi connectivity index (χ0) is 27.4. The Morgan fingerprint density at radius 2 is 1.39 bits per heavy atom. The minimum absolute atomic E-state index is 0.0540. The minimum atomic E-state index is -1.77. The number of carboxylic acid groups (broad SMARTS) is 2. The molecule has 0 aromatic heterocycles. The molecule has 36 heavy (non-hydrogen) atoms. The Morgan fingerprint density at radius 3 is 1.89 bits per heavy atom. The van der Waals surface area contributed by atoms with Crippen molar-refractivity contribution in [3.8, 4) is 5.75 Å². The average Bonchev–Trinajstić information content (AvgIpc) is 2.80. The summed E-state index contributed by atoms with van der Waals surface area (Å²) in [6, 6.07) is 0.0354. The van der Waals surface area contributed by atoms with Gasteiger partial charge in [-0.3, -0.25) is 24.0 Å². The van der Waals surface area contributed by atoms with E-state index in [0.717, 1.165) is 0 Å². The molecule has 0 saturated heterocycles. The quantitative estimate of drug-likeness (QED) is 0.108. The molecule has 4 amide bonds. The van der Waals surface area contributed by atoms with E-state index in [4.69, 9.17) is 16.6 Å². The van der Waals surface area contributed by atoms with E-state index in [2.05, 4.69) is 28.6 Å². The van der Waals surface area contributed by atoms with Crippen LogP contribution < -0.4 is 27.4 Å². The van der Waals surface area contributed by atoms with Crippen molar-refractivity contribution in [2.45, 2.75) is 49.9 Å². The van der Waals surface area contributed by atoms with E-state index in [0.29, 0.717) is 5.56 Å². The predicted octanol–water partition coefficient (Wildman–Crippen LogP) is -2.53. The molecule has 198 valence electrons. The van der Waals surface area contributed by atoms with Crippen molar-refractivity contribution in [3.63, 3.8) is 0 Å². The van der Waals surface area contributed by atoms with Gasteiger partial charge >= 0.3 is 11.9 Å². The molecule has 0 radical (unpaired) electrons. The second-order valence-electron chi connectivity index (χ2n) is 7.78. The van der Waals surface area contributed by atoms with E-state index in [9.17, 15) is 39.0 Å². The van der Waals surface area contributed by atoms with Crippen molar-refractivity contribution >= 4 is 48.2 Å². The fourth-order valence-electron chi connectivity index (χ4n) is 2.90. The molecule has 0 aliphatic rings. The number of thiol groups is 1. The van der Waals surface area contributed by atoms with Gasteiger partial charge < -0.3 is 42.7 Å². The summed E-state index contributed by atoms with van der Waals surface area (Å²) in [6.07, 6.45) is -1.28. The van der Waals surface area contributed by atoms with Crippen LogP contribution >= 0.6 is 12.6 Å². The first kappa shape index (κ1) is 30.2. The normalized spacial score (nSPS) is 13.9. The fraction of sp³-hybridized carbons (Fsp3) is 0.429. The van der Waals surface area contributed by atoms with Crippen LogP contribution in [0.1, 0.15) is 24.8 Å². The number of carbonyl (C=O) groups excluding carboxylic acids is 4. The number of aromatic hydroxyl groups is 1. The van der Waals surface area contributed by atoms with Crippen LogP contribution in [-0.4, -0.2) is 80.8 Å². The number of amides is 4. The zero-order valence-electron chi connectivity index (χ0n) is 19.0. The van der Waals surface area contributed by atoms with Crippen LogP contribution in [0.25, 0.3) is 0 Å². The minimum Gasteiger partial charge on any atom is -0.508 e. The number of nitrogens with two attached hydrogens (primary N) is 2. The van der Waals surface area contributed by atoms with Gasteiger partial charge in [-0.15, -0.1) is 0 Å². The molecule has 1 aromatic carbocycles. The molecule has 4 atom stereocenters. The van der Waals surface area contributed by atoms with Crippen molar-refractivity contribution in [1.29, 1.82) is 0 Å². The van der Waals surface area contributed by atoms with E-state index in [-0.39, 0.29) is 30.8 Å². The highest BCUT2D eigenvalue weighted by Gasteiger charge is 2.31. The Balaban J connectivity index is 3.03. The molecule has 15 heteroatoms. The molecule has 0 aliphatic carbocycles. The molecule has 0 saturated carbocycles. The maximum atomic E-state index is 12.8. The van der Waals surface area contributed by atoms with Crippen molar-refractivity contribution in [2.24, 2.45) is 11.5 Å². The van der Waals surface area contributed by atoms with Crippen LogP contribution in [0.2, 0.25) is 0 Å². The van der Waals surface area contributed by atoms with Gasteiger partial charge in [-0.2, -0.15) is 12.6 Å². The monoisotopic (exact) mass is 527 g/mol. The van der Waals surface area contributed by atoms with Gasteiger partial charge in [0.05, 0.1) is 12.5 Å². The summed E-state index contributed by atoms with van der Waals surface area (Å²) >= 11 is 4.03. The Morgan fingerprint density at radius 1 is 0.861 bits per heavy atom. The van der Waals surface area contributed by atoms with E-state index >= 15 is 0 Å². The van der Waals surface area contributed by atoms with Crippen molar-refractivity contribution < 1.29 is 44.1 Å².